The van der Waals surface area contributed by atoms with Gasteiger partial charge in [-0.3, -0.25) is 4.79 Å². The normalized spacial score (nSPS) is 16.2. The van der Waals surface area contributed by atoms with Crippen molar-refractivity contribution in [2.75, 3.05) is 38.1 Å². The lowest BCUT2D eigenvalue weighted by Gasteiger charge is -2.32. The molecule has 1 aliphatic heterocycles. The average Bonchev–Trinajstić information content (AvgIpc) is 2.48. The molecule has 1 aromatic heterocycles. The van der Waals surface area contributed by atoms with Crippen molar-refractivity contribution >= 4 is 22.6 Å². The number of nitrogens with zero attached hydrogens (tertiary/aromatic N) is 1. The summed E-state index contributed by atoms with van der Waals surface area (Å²) >= 11 is 0. The third-order valence-corrected chi connectivity index (χ3v) is 4.12. The molecule has 2 aromatic rings. The van der Waals surface area contributed by atoms with Gasteiger partial charge in [0.1, 0.15) is 0 Å². The zero-order valence-corrected chi connectivity index (χ0v) is 12.7. The van der Waals surface area contributed by atoms with Crippen molar-refractivity contribution in [3.05, 3.63) is 39.7 Å². The topological polar surface area (TPSA) is 75.2 Å². The van der Waals surface area contributed by atoms with Crippen LogP contribution in [0.1, 0.15) is 16.1 Å². The first-order chi connectivity index (χ1) is 10.5. The standard InChI is InChI=1S/C16H18N2O4/c1-10-7-11-13(19)9-14(16(20)21)22-15(11)12(8-10)18-5-3-17(2)4-6-18/h7-9H,3-6H2,1-2H3,(H,20,21)/p+1. The van der Waals surface area contributed by atoms with Crippen LogP contribution in [0.3, 0.4) is 0 Å². The lowest BCUT2D eigenvalue weighted by atomic mass is 10.1. The van der Waals surface area contributed by atoms with Crippen molar-refractivity contribution in [2.24, 2.45) is 0 Å². The molecule has 0 bridgehead atoms. The van der Waals surface area contributed by atoms with Crippen LogP contribution in [0, 0.1) is 6.92 Å². The average molecular weight is 303 g/mol. The lowest BCUT2D eigenvalue weighted by Crippen LogP contribution is -3.12. The Kier molecular flexibility index (Phi) is 3.62. The number of fused-ring (bicyclic) bond motifs is 1. The lowest BCUT2D eigenvalue weighted by molar-refractivity contribution is -0.880. The number of rotatable bonds is 2. The van der Waals surface area contributed by atoms with Crippen LogP contribution in [0.4, 0.5) is 5.69 Å². The van der Waals surface area contributed by atoms with Gasteiger partial charge in [-0.05, 0) is 24.6 Å². The van der Waals surface area contributed by atoms with Crippen molar-refractivity contribution in [1.82, 2.24) is 0 Å². The first-order valence-corrected chi connectivity index (χ1v) is 7.34. The second-order valence-corrected chi connectivity index (χ2v) is 5.88. The molecule has 2 heterocycles. The number of piperazine rings is 1. The Morgan fingerprint density at radius 1 is 1.27 bits per heavy atom. The Labute approximate surface area is 127 Å². The highest BCUT2D eigenvalue weighted by Gasteiger charge is 2.22. The Morgan fingerprint density at radius 2 is 1.95 bits per heavy atom. The highest BCUT2D eigenvalue weighted by atomic mass is 16.4. The van der Waals surface area contributed by atoms with Crippen molar-refractivity contribution < 1.29 is 19.2 Å². The van der Waals surface area contributed by atoms with Gasteiger partial charge in [0, 0.05) is 6.07 Å². The Morgan fingerprint density at radius 3 is 2.59 bits per heavy atom. The maximum atomic E-state index is 12.2. The minimum absolute atomic E-state index is 0.316. The van der Waals surface area contributed by atoms with E-state index in [1.165, 1.54) is 4.90 Å². The minimum Gasteiger partial charge on any atom is -0.475 e. The third kappa shape index (κ3) is 2.57. The van der Waals surface area contributed by atoms with Crippen LogP contribution in [0.5, 0.6) is 0 Å². The van der Waals surface area contributed by atoms with E-state index in [4.69, 9.17) is 9.52 Å². The molecule has 6 heteroatoms. The quantitative estimate of drug-likeness (QED) is 0.825. The van der Waals surface area contributed by atoms with E-state index >= 15 is 0 Å². The Bertz CT molecular complexity index is 789. The maximum Gasteiger partial charge on any atom is 0.371 e. The van der Waals surface area contributed by atoms with Crippen LogP contribution in [0.25, 0.3) is 11.0 Å². The van der Waals surface area contributed by atoms with E-state index in [9.17, 15) is 9.59 Å². The van der Waals surface area contributed by atoms with E-state index in [2.05, 4.69) is 11.9 Å². The smallest absolute Gasteiger partial charge is 0.371 e. The summed E-state index contributed by atoms with van der Waals surface area (Å²) in [6.07, 6.45) is 0. The van der Waals surface area contributed by atoms with Gasteiger partial charge in [0.2, 0.25) is 5.76 Å². The van der Waals surface area contributed by atoms with Crippen molar-refractivity contribution in [3.63, 3.8) is 0 Å². The molecular formula is C16H19N2O4+. The number of quaternary nitrogens is 1. The molecule has 22 heavy (non-hydrogen) atoms. The van der Waals surface area contributed by atoms with Crippen molar-refractivity contribution in [1.29, 1.82) is 0 Å². The molecule has 0 spiro atoms. The molecule has 0 saturated carbocycles. The number of hydrogen-bond donors (Lipinski definition) is 2. The Balaban J connectivity index is 2.20. The van der Waals surface area contributed by atoms with Gasteiger partial charge in [-0.25, -0.2) is 4.79 Å². The number of carboxylic acid groups (broad SMARTS) is 1. The fourth-order valence-corrected chi connectivity index (χ4v) is 2.85. The summed E-state index contributed by atoms with van der Waals surface area (Å²) in [7, 11) is 2.15. The van der Waals surface area contributed by atoms with Crippen molar-refractivity contribution in [2.45, 2.75) is 6.92 Å². The van der Waals surface area contributed by atoms with E-state index in [0.717, 1.165) is 43.5 Å². The summed E-state index contributed by atoms with van der Waals surface area (Å²) in [6, 6.07) is 4.75. The molecule has 1 saturated heterocycles. The number of hydrogen-bond acceptors (Lipinski definition) is 4. The molecule has 0 unspecified atom stereocenters. The predicted octanol–water partition coefficient (Wildman–Crippen LogP) is 0.134. The molecule has 0 radical (unpaired) electrons. The van der Waals surface area contributed by atoms with E-state index < -0.39 is 5.97 Å². The van der Waals surface area contributed by atoms with Gasteiger partial charge in [-0.1, -0.05) is 0 Å². The van der Waals surface area contributed by atoms with E-state index in [1.54, 1.807) is 6.07 Å². The first kappa shape index (κ1) is 14.6. The molecule has 6 nitrogen and oxygen atoms in total. The SMILES string of the molecule is Cc1cc(N2CC[NH+](C)CC2)c2oc(C(=O)O)cc(=O)c2c1. The van der Waals surface area contributed by atoms with Gasteiger partial charge >= 0.3 is 5.97 Å². The number of carbonyl (C=O) groups is 1. The minimum atomic E-state index is -1.23. The zero-order chi connectivity index (χ0) is 15.9. The van der Waals surface area contributed by atoms with E-state index in [1.807, 2.05) is 13.0 Å². The van der Waals surface area contributed by atoms with Crippen LogP contribution in [-0.2, 0) is 0 Å². The maximum absolute atomic E-state index is 12.2. The third-order valence-electron chi connectivity index (χ3n) is 4.12. The van der Waals surface area contributed by atoms with Crippen LogP contribution in [0.2, 0.25) is 0 Å². The number of nitrogens with one attached hydrogen (secondary N) is 1. The molecular weight excluding hydrogens is 284 g/mol. The molecule has 0 aliphatic carbocycles. The second kappa shape index (κ2) is 5.46. The number of aryl methyl sites for hydroxylation is 1. The van der Waals surface area contributed by atoms with Crippen LogP contribution >= 0.6 is 0 Å². The summed E-state index contributed by atoms with van der Waals surface area (Å²) in [4.78, 5) is 27.0. The number of aromatic carboxylic acids is 1. The molecule has 0 amide bonds. The molecule has 3 rings (SSSR count). The number of likely N-dealkylation sites (N-methyl/N-ethyl adjacent to an activating group) is 1. The molecule has 1 aliphatic rings. The predicted molar refractivity (Wildman–Crippen MR) is 83.0 cm³/mol. The molecule has 1 aromatic carbocycles. The molecule has 1 fully saturated rings. The fourth-order valence-electron chi connectivity index (χ4n) is 2.85. The summed E-state index contributed by atoms with van der Waals surface area (Å²) in [5, 5.41) is 9.55. The highest BCUT2D eigenvalue weighted by Crippen LogP contribution is 2.28. The largest absolute Gasteiger partial charge is 0.475 e. The van der Waals surface area contributed by atoms with Crippen LogP contribution in [-0.4, -0.2) is 44.3 Å². The first-order valence-electron chi connectivity index (χ1n) is 7.34. The van der Waals surface area contributed by atoms with Gasteiger partial charge in [0.25, 0.3) is 0 Å². The number of carboxylic acids is 1. The van der Waals surface area contributed by atoms with Gasteiger partial charge in [-0.15, -0.1) is 0 Å². The van der Waals surface area contributed by atoms with E-state index in [0.29, 0.717) is 11.0 Å². The van der Waals surface area contributed by atoms with Gasteiger partial charge < -0.3 is 19.3 Å². The van der Waals surface area contributed by atoms with E-state index in [-0.39, 0.29) is 11.2 Å². The van der Waals surface area contributed by atoms with Gasteiger partial charge in [0.15, 0.2) is 11.0 Å². The number of benzene rings is 1. The summed E-state index contributed by atoms with van der Waals surface area (Å²) in [5.41, 5.74) is 1.82. The summed E-state index contributed by atoms with van der Waals surface area (Å²) in [5.74, 6) is -1.55. The highest BCUT2D eigenvalue weighted by molar-refractivity contribution is 5.93. The molecule has 0 atom stereocenters. The summed E-state index contributed by atoms with van der Waals surface area (Å²) in [6.45, 7) is 5.63. The van der Waals surface area contributed by atoms with Crippen molar-refractivity contribution in [3.8, 4) is 0 Å². The number of anilines is 1. The van der Waals surface area contributed by atoms with Crippen LogP contribution < -0.4 is 15.2 Å². The zero-order valence-electron chi connectivity index (χ0n) is 12.7. The Hall–Kier alpha value is -2.34. The van der Waals surface area contributed by atoms with Crippen LogP contribution in [0.15, 0.2) is 27.4 Å². The van der Waals surface area contributed by atoms with Gasteiger partial charge in [0.05, 0.1) is 44.3 Å². The molecule has 2 N–H and O–H groups in total. The van der Waals surface area contributed by atoms with Gasteiger partial charge in [-0.2, -0.15) is 0 Å². The summed E-state index contributed by atoms with van der Waals surface area (Å²) < 4.78 is 5.52. The molecule has 116 valence electrons. The fraction of sp³-hybridized carbons (Fsp3) is 0.375. The second-order valence-electron chi connectivity index (χ2n) is 5.88. The monoisotopic (exact) mass is 303 g/mol.